The Bertz CT molecular complexity index is 230. The first-order valence-electron chi connectivity index (χ1n) is 4.45. The molecule has 0 aliphatic heterocycles. The number of hydrogen-bond acceptors (Lipinski definition) is 1. The summed E-state index contributed by atoms with van der Waals surface area (Å²) in [6.45, 7) is 5.21. The molecule has 1 radical (unpaired) electrons. The molecule has 0 spiro atoms. The topological polar surface area (TPSA) is 3.24 Å². The van der Waals surface area contributed by atoms with Crippen molar-refractivity contribution in [2.45, 2.75) is 20.3 Å². The van der Waals surface area contributed by atoms with Gasteiger partial charge in [0.15, 0.2) is 0 Å². The SMILES string of the molecule is [CH2-]N(CC)c1ccc(CC)cc1.[Y]. The van der Waals surface area contributed by atoms with Crippen LogP contribution in [0.2, 0.25) is 0 Å². The third kappa shape index (κ3) is 3.78. The Kier molecular flexibility index (Phi) is 6.62. The number of aryl methyl sites for hydroxylation is 1. The van der Waals surface area contributed by atoms with Gasteiger partial charge in [0.05, 0.1) is 0 Å². The van der Waals surface area contributed by atoms with E-state index in [1.807, 2.05) is 4.90 Å². The van der Waals surface area contributed by atoms with Crippen LogP contribution in [0.4, 0.5) is 5.69 Å². The van der Waals surface area contributed by atoms with Crippen molar-refractivity contribution in [3.8, 4) is 0 Å². The van der Waals surface area contributed by atoms with E-state index in [2.05, 4.69) is 45.2 Å². The van der Waals surface area contributed by atoms with Gasteiger partial charge in [0.1, 0.15) is 0 Å². The molecule has 0 bridgehead atoms. The van der Waals surface area contributed by atoms with Crippen LogP contribution in [-0.4, -0.2) is 6.54 Å². The van der Waals surface area contributed by atoms with Crippen LogP contribution >= 0.6 is 0 Å². The molecule has 1 aromatic rings. The van der Waals surface area contributed by atoms with E-state index >= 15 is 0 Å². The molecule has 13 heavy (non-hydrogen) atoms. The molecule has 69 valence electrons. The molecular weight excluding hydrogens is 235 g/mol. The Morgan fingerprint density at radius 1 is 1.15 bits per heavy atom. The van der Waals surface area contributed by atoms with Gasteiger partial charge in [-0.05, 0) is 30.7 Å². The monoisotopic (exact) mass is 251 g/mol. The molecule has 1 nitrogen and oxygen atoms in total. The molecule has 0 saturated heterocycles. The van der Waals surface area contributed by atoms with Gasteiger partial charge in [-0.3, -0.25) is 7.05 Å². The number of nitrogens with zero attached hydrogens (tertiary/aromatic N) is 1. The molecule has 0 saturated carbocycles. The predicted octanol–water partition coefficient (Wildman–Crippen LogP) is 2.86. The van der Waals surface area contributed by atoms with Crippen LogP contribution in [0.3, 0.4) is 0 Å². The maximum atomic E-state index is 3.92. The molecule has 0 heterocycles. The molecule has 0 aromatic heterocycles. The largest absolute Gasteiger partial charge is 0.525 e. The van der Waals surface area contributed by atoms with Crippen molar-refractivity contribution in [2.75, 3.05) is 11.4 Å². The van der Waals surface area contributed by atoms with Crippen molar-refractivity contribution in [3.05, 3.63) is 36.9 Å². The summed E-state index contributed by atoms with van der Waals surface area (Å²) in [7, 11) is 3.92. The fraction of sp³-hybridized carbons (Fsp3) is 0.364. The summed E-state index contributed by atoms with van der Waals surface area (Å²) in [6.07, 6.45) is 1.10. The minimum atomic E-state index is 0. The molecule has 1 rings (SSSR count). The van der Waals surface area contributed by atoms with Crippen molar-refractivity contribution >= 4 is 5.69 Å². The van der Waals surface area contributed by atoms with Crippen LogP contribution in [-0.2, 0) is 39.1 Å². The van der Waals surface area contributed by atoms with Gasteiger partial charge in [-0.15, -0.1) is 0 Å². The average molecular weight is 251 g/mol. The van der Waals surface area contributed by atoms with Gasteiger partial charge >= 0.3 is 0 Å². The summed E-state index contributed by atoms with van der Waals surface area (Å²) in [5.41, 5.74) is 2.57. The molecule has 0 aliphatic carbocycles. The summed E-state index contributed by atoms with van der Waals surface area (Å²) in [6, 6.07) is 8.55. The summed E-state index contributed by atoms with van der Waals surface area (Å²) < 4.78 is 0. The van der Waals surface area contributed by atoms with Crippen molar-refractivity contribution in [1.82, 2.24) is 0 Å². The van der Waals surface area contributed by atoms with Crippen molar-refractivity contribution in [3.63, 3.8) is 0 Å². The molecule has 0 aliphatic rings. The van der Waals surface area contributed by atoms with Gasteiger partial charge in [0.2, 0.25) is 0 Å². The standard InChI is InChI=1S/C11H16N.Y/c1-4-10-6-8-11(9-7-10)12(3)5-2;/h6-9H,3-5H2,1-2H3;/q-1;. The Morgan fingerprint density at radius 3 is 2.08 bits per heavy atom. The normalized spacial score (nSPS) is 9.15. The van der Waals surface area contributed by atoms with Crippen LogP contribution in [0, 0.1) is 7.05 Å². The van der Waals surface area contributed by atoms with E-state index in [1.165, 1.54) is 11.3 Å². The minimum Gasteiger partial charge on any atom is -0.525 e. The average Bonchev–Trinajstić information content (AvgIpc) is 2.17. The quantitative estimate of drug-likeness (QED) is 0.746. The van der Waals surface area contributed by atoms with Crippen LogP contribution in [0.1, 0.15) is 19.4 Å². The zero-order valence-corrected chi connectivity index (χ0v) is 11.3. The van der Waals surface area contributed by atoms with Gasteiger partial charge in [0, 0.05) is 38.4 Å². The molecule has 2 heteroatoms. The first kappa shape index (κ1) is 13.1. The van der Waals surface area contributed by atoms with E-state index in [-0.39, 0.29) is 32.7 Å². The number of rotatable bonds is 3. The van der Waals surface area contributed by atoms with E-state index in [0.717, 1.165) is 13.0 Å². The molecule has 0 N–H and O–H groups in total. The van der Waals surface area contributed by atoms with Crippen molar-refractivity contribution in [2.24, 2.45) is 0 Å². The zero-order chi connectivity index (χ0) is 8.97. The summed E-state index contributed by atoms with van der Waals surface area (Å²) in [4.78, 5) is 1.99. The van der Waals surface area contributed by atoms with Crippen LogP contribution in [0.15, 0.2) is 24.3 Å². The van der Waals surface area contributed by atoms with E-state index < -0.39 is 0 Å². The summed E-state index contributed by atoms with van der Waals surface area (Å²) >= 11 is 0. The van der Waals surface area contributed by atoms with Crippen LogP contribution < -0.4 is 4.90 Å². The Hall–Kier alpha value is 0.124. The second-order valence-electron chi connectivity index (χ2n) is 2.88. The smallest absolute Gasteiger partial charge is 0.00686 e. The third-order valence-corrected chi connectivity index (χ3v) is 2.09. The van der Waals surface area contributed by atoms with Crippen LogP contribution in [0.25, 0.3) is 0 Å². The Morgan fingerprint density at radius 2 is 1.69 bits per heavy atom. The van der Waals surface area contributed by atoms with Crippen molar-refractivity contribution in [1.29, 1.82) is 0 Å². The number of hydrogen-bond donors (Lipinski definition) is 0. The fourth-order valence-corrected chi connectivity index (χ4v) is 1.13. The predicted molar refractivity (Wildman–Crippen MR) is 54.2 cm³/mol. The van der Waals surface area contributed by atoms with E-state index in [1.54, 1.807) is 0 Å². The van der Waals surface area contributed by atoms with E-state index in [9.17, 15) is 0 Å². The second-order valence-corrected chi connectivity index (χ2v) is 2.88. The van der Waals surface area contributed by atoms with E-state index in [4.69, 9.17) is 0 Å². The van der Waals surface area contributed by atoms with E-state index in [0.29, 0.717) is 0 Å². The number of benzene rings is 1. The van der Waals surface area contributed by atoms with Gasteiger partial charge in [-0.25, -0.2) is 0 Å². The van der Waals surface area contributed by atoms with Gasteiger partial charge < -0.3 is 4.90 Å². The summed E-state index contributed by atoms with van der Waals surface area (Å²) in [5.74, 6) is 0. The van der Waals surface area contributed by atoms with Crippen molar-refractivity contribution < 1.29 is 32.7 Å². The van der Waals surface area contributed by atoms with Gasteiger partial charge in [-0.1, -0.05) is 26.0 Å². The zero-order valence-electron chi connectivity index (χ0n) is 8.46. The molecule has 0 amide bonds. The number of anilines is 1. The Labute approximate surface area is 106 Å². The molecule has 0 atom stereocenters. The maximum absolute atomic E-state index is 3.92. The molecule has 0 unspecified atom stereocenters. The maximum Gasteiger partial charge on any atom is 0.00686 e. The second kappa shape index (κ2) is 6.56. The molecule has 0 fully saturated rings. The minimum absolute atomic E-state index is 0. The first-order valence-corrected chi connectivity index (χ1v) is 4.45. The third-order valence-electron chi connectivity index (χ3n) is 2.09. The summed E-state index contributed by atoms with van der Waals surface area (Å²) in [5, 5.41) is 0. The van der Waals surface area contributed by atoms with Gasteiger partial charge in [-0.2, -0.15) is 0 Å². The molecular formula is C11H16NY-. The fourth-order valence-electron chi connectivity index (χ4n) is 1.13. The van der Waals surface area contributed by atoms with Gasteiger partial charge in [0.25, 0.3) is 0 Å². The Balaban J connectivity index is 0.00000144. The molecule has 1 aromatic carbocycles. The first-order chi connectivity index (χ1) is 5.77. The van der Waals surface area contributed by atoms with Crippen LogP contribution in [0.5, 0.6) is 0 Å².